The number of fused-ring (bicyclic) bond motifs is 1. The van der Waals surface area contributed by atoms with E-state index in [1.165, 1.54) is 23.3 Å². The van der Waals surface area contributed by atoms with E-state index in [1.807, 2.05) is 12.1 Å². The normalized spacial score (nSPS) is 23.9. The van der Waals surface area contributed by atoms with Crippen molar-refractivity contribution in [1.29, 1.82) is 0 Å². The van der Waals surface area contributed by atoms with Gasteiger partial charge in [-0.3, -0.25) is 0 Å². The summed E-state index contributed by atoms with van der Waals surface area (Å²) in [7, 11) is 0. The number of hydrogen-bond acceptors (Lipinski definition) is 2. The number of likely N-dealkylation sites (tertiary alicyclic amines) is 1. The zero-order chi connectivity index (χ0) is 20.9. The van der Waals surface area contributed by atoms with Crippen LogP contribution in [0.15, 0.2) is 54.2 Å². The van der Waals surface area contributed by atoms with E-state index in [2.05, 4.69) is 61.0 Å². The molecule has 1 radical (unpaired) electrons. The topological polar surface area (TPSA) is 31.9 Å². The standard InChI is InChI=1S/C26H27FN3/c1-17-14-23-24(15-18(17)2)29-25(28-23)26(3)12-5-13-30(26)22-7-4-6-20(16-22)19-8-10-21(27)11-9-19/h4,7-11,14-15,20H,5-6,12-13H2,1-3H3,(H,28,29)/t20?,26-/m0/s1. The SMILES string of the molecule is Cc1cc2nc([C@]3(C)CCCN3C3=[C]C(c4ccc(F)cc4)CC=C3)[nH]c2cc1C. The third kappa shape index (κ3) is 3.15. The Balaban J connectivity index is 1.51. The van der Waals surface area contributed by atoms with Crippen LogP contribution in [0.5, 0.6) is 0 Å². The van der Waals surface area contributed by atoms with E-state index < -0.39 is 0 Å². The summed E-state index contributed by atoms with van der Waals surface area (Å²) in [5, 5.41) is 0. The van der Waals surface area contributed by atoms with E-state index >= 15 is 0 Å². The van der Waals surface area contributed by atoms with E-state index in [0.717, 1.165) is 53.9 Å². The molecule has 1 unspecified atom stereocenters. The molecular formula is C26H27FN3. The number of halogens is 1. The third-order valence-corrected chi connectivity index (χ3v) is 6.78. The summed E-state index contributed by atoms with van der Waals surface area (Å²) in [6, 6.07) is 11.2. The number of nitrogens with zero attached hydrogens (tertiary/aromatic N) is 2. The summed E-state index contributed by atoms with van der Waals surface area (Å²) in [6.45, 7) is 7.53. The average molecular weight is 401 g/mol. The van der Waals surface area contributed by atoms with Gasteiger partial charge < -0.3 is 9.88 Å². The highest BCUT2D eigenvalue weighted by molar-refractivity contribution is 5.77. The molecule has 1 aromatic heterocycles. The molecule has 1 fully saturated rings. The molecule has 2 aliphatic rings. The molecule has 3 nitrogen and oxygen atoms in total. The van der Waals surface area contributed by atoms with Gasteiger partial charge in [0.05, 0.1) is 16.6 Å². The molecule has 30 heavy (non-hydrogen) atoms. The molecule has 3 aromatic rings. The van der Waals surface area contributed by atoms with Crippen LogP contribution in [-0.2, 0) is 5.54 Å². The first-order valence-electron chi connectivity index (χ1n) is 10.7. The molecule has 2 heterocycles. The van der Waals surface area contributed by atoms with Crippen LogP contribution in [-0.4, -0.2) is 21.4 Å². The minimum absolute atomic E-state index is 0.149. The predicted octanol–water partition coefficient (Wildman–Crippen LogP) is 6.06. The highest BCUT2D eigenvalue weighted by atomic mass is 19.1. The van der Waals surface area contributed by atoms with Gasteiger partial charge in [0, 0.05) is 18.2 Å². The molecule has 1 N–H and O–H groups in total. The van der Waals surface area contributed by atoms with Gasteiger partial charge in [-0.2, -0.15) is 0 Å². The first-order valence-corrected chi connectivity index (χ1v) is 10.7. The summed E-state index contributed by atoms with van der Waals surface area (Å²) in [5.41, 5.74) is 6.70. The minimum atomic E-state index is -0.197. The summed E-state index contributed by atoms with van der Waals surface area (Å²) in [5.74, 6) is 0.972. The van der Waals surface area contributed by atoms with Crippen molar-refractivity contribution in [2.75, 3.05) is 6.54 Å². The van der Waals surface area contributed by atoms with Gasteiger partial charge in [0.15, 0.2) is 0 Å². The molecule has 5 rings (SSSR count). The maximum atomic E-state index is 13.3. The number of benzene rings is 2. The Morgan fingerprint density at radius 3 is 2.73 bits per heavy atom. The van der Waals surface area contributed by atoms with Crippen molar-refractivity contribution < 1.29 is 4.39 Å². The molecule has 0 spiro atoms. The first kappa shape index (κ1) is 19.1. The lowest BCUT2D eigenvalue weighted by molar-refractivity contribution is 0.199. The second-order valence-corrected chi connectivity index (χ2v) is 8.84. The number of aromatic nitrogens is 2. The molecular weight excluding hydrogens is 373 g/mol. The van der Waals surface area contributed by atoms with Gasteiger partial charge in [-0.15, -0.1) is 0 Å². The molecule has 1 aliphatic carbocycles. The summed E-state index contributed by atoms with van der Waals surface area (Å²) in [4.78, 5) is 11.0. The lowest BCUT2D eigenvalue weighted by atomic mass is 9.90. The maximum absolute atomic E-state index is 13.3. The lowest BCUT2D eigenvalue weighted by Crippen LogP contribution is -2.39. The molecule has 1 aliphatic heterocycles. The Morgan fingerprint density at radius 2 is 1.93 bits per heavy atom. The monoisotopic (exact) mass is 400 g/mol. The van der Waals surface area contributed by atoms with Crippen LogP contribution >= 0.6 is 0 Å². The molecule has 4 heteroatoms. The van der Waals surface area contributed by atoms with Crippen molar-refractivity contribution in [3.63, 3.8) is 0 Å². The van der Waals surface area contributed by atoms with Gasteiger partial charge in [0.1, 0.15) is 11.6 Å². The van der Waals surface area contributed by atoms with Crippen molar-refractivity contribution in [3.8, 4) is 0 Å². The van der Waals surface area contributed by atoms with E-state index in [0.29, 0.717) is 0 Å². The zero-order valence-corrected chi connectivity index (χ0v) is 17.8. The second-order valence-electron chi connectivity index (χ2n) is 8.84. The number of nitrogens with one attached hydrogen (secondary N) is 1. The van der Waals surface area contributed by atoms with Crippen LogP contribution in [0.1, 0.15) is 54.6 Å². The fourth-order valence-electron chi connectivity index (χ4n) is 4.80. The molecule has 2 atom stereocenters. The molecule has 0 saturated carbocycles. The third-order valence-electron chi connectivity index (χ3n) is 6.78. The van der Waals surface area contributed by atoms with Crippen LogP contribution < -0.4 is 0 Å². The molecule has 153 valence electrons. The Labute approximate surface area is 177 Å². The highest BCUT2D eigenvalue weighted by Crippen LogP contribution is 2.42. The van der Waals surface area contributed by atoms with Crippen LogP contribution in [0.25, 0.3) is 11.0 Å². The van der Waals surface area contributed by atoms with Crippen LogP contribution in [0, 0.1) is 25.7 Å². The lowest BCUT2D eigenvalue weighted by Gasteiger charge is -2.37. The number of rotatable bonds is 3. The van der Waals surface area contributed by atoms with Crippen molar-refractivity contribution in [1.82, 2.24) is 14.9 Å². The van der Waals surface area contributed by atoms with Gasteiger partial charge in [-0.05, 0) is 93.1 Å². The summed E-state index contributed by atoms with van der Waals surface area (Å²) in [6.07, 6.45) is 11.1. The number of allylic oxidation sites excluding steroid dienone is 3. The van der Waals surface area contributed by atoms with E-state index in [-0.39, 0.29) is 17.3 Å². The Kier molecular flexibility index (Phi) is 4.53. The average Bonchev–Trinajstić information content (AvgIpc) is 3.33. The minimum Gasteiger partial charge on any atom is -0.359 e. The van der Waals surface area contributed by atoms with E-state index in [1.54, 1.807) is 0 Å². The largest absolute Gasteiger partial charge is 0.359 e. The Morgan fingerprint density at radius 1 is 1.17 bits per heavy atom. The van der Waals surface area contributed by atoms with E-state index in [9.17, 15) is 4.39 Å². The van der Waals surface area contributed by atoms with Gasteiger partial charge in [0.2, 0.25) is 0 Å². The number of aromatic amines is 1. The highest BCUT2D eigenvalue weighted by Gasteiger charge is 2.41. The van der Waals surface area contributed by atoms with Crippen LogP contribution in [0.3, 0.4) is 0 Å². The van der Waals surface area contributed by atoms with Gasteiger partial charge in [-0.1, -0.05) is 18.2 Å². The predicted molar refractivity (Wildman–Crippen MR) is 119 cm³/mol. The quantitative estimate of drug-likeness (QED) is 0.579. The van der Waals surface area contributed by atoms with Crippen molar-refractivity contribution in [2.45, 2.75) is 51.5 Å². The van der Waals surface area contributed by atoms with Gasteiger partial charge in [-0.25, -0.2) is 9.37 Å². The number of imidazole rings is 1. The molecule has 2 aromatic carbocycles. The molecule has 0 amide bonds. The Bertz CT molecular complexity index is 1120. The number of hydrogen-bond donors (Lipinski definition) is 1. The smallest absolute Gasteiger partial charge is 0.132 e. The van der Waals surface area contributed by atoms with Crippen LogP contribution in [0.2, 0.25) is 0 Å². The fourth-order valence-corrected chi connectivity index (χ4v) is 4.80. The number of aryl methyl sites for hydroxylation is 2. The van der Waals surface area contributed by atoms with Crippen molar-refractivity contribution in [2.24, 2.45) is 0 Å². The van der Waals surface area contributed by atoms with Crippen LogP contribution in [0.4, 0.5) is 4.39 Å². The molecule has 1 saturated heterocycles. The van der Waals surface area contributed by atoms with Gasteiger partial charge >= 0.3 is 0 Å². The maximum Gasteiger partial charge on any atom is 0.132 e. The molecule has 0 bridgehead atoms. The van der Waals surface area contributed by atoms with Crippen molar-refractivity contribution in [3.05, 3.63) is 88.7 Å². The summed E-state index contributed by atoms with van der Waals surface area (Å²) >= 11 is 0. The Hall–Kier alpha value is -2.88. The van der Waals surface area contributed by atoms with Crippen molar-refractivity contribution >= 4 is 11.0 Å². The van der Waals surface area contributed by atoms with Gasteiger partial charge in [0.25, 0.3) is 0 Å². The zero-order valence-electron chi connectivity index (χ0n) is 17.8. The summed E-state index contributed by atoms with van der Waals surface area (Å²) < 4.78 is 13.3. The second kappa shape index (κ2) is 7.12. The number of H-pyrrole nitrogens is 1. The first-order chi connectivity index (χ1) is 14.4. The van der Waals surface area contributed by atoms with E-state index in [4.69, 9.17) is 4.98 Å². The fraction of sp³-hybridized carbons (Fsp3) is 0.346.